The van der Waals surface area contributed by atoms with E-state index in [-0.39, 0.29) is 24.1 Å². The largest absolute Gasteiger partial charge is 0.322 e. The van der Waals surface area contributed by atoms with E-state index in [0.717, 1.165) is 18.7 Å². The summed E-state index contributed by atoms with van der Waals surface area (Å²) < 4.78 is 0. The zero-order chi connectivity index (χ0) is 29.4. The van der Waals surface area contributed by atoms with E-state index in [4.69, 9.17) is 0 Å². The minimum Gasteiger partial charge on any atom is -0.322 e. The normalized spacial score (nSPS) is 22.7. The molecule has 1 aliphatic carbocycles. The van der Waals surface area contributed by atoms with Crippen molar-refractivity contribution in [1.82, 2.24) is 15.1 Å². The molecule has 0 bridgehead atoms. The number of piperidine rings is 2. The van der Waals surface area contributed by atoms with Crippen LogP contribution in [0.5, 0.6) is 0 Å². The van der Waals surface area contributed by atoms with Gasteiger partial charge in [0.1, 0.15) is 6.04 Å². The van der Waals surface area contributed by atoms with E-state index in [1.54, 1.807) is 4.90 Å². The van der Waals surface area contributed by atoms with Gasteiger partial charge >= 0.3 is 0 Å². The van der Waals surface area contributed by atoms with Crippen LogP contribution in [0.1, 0.15) is 84.5 Å². The van der Waals surface area contributed by atoms with Crippen molar-refractivity contribution in [2.45, 2.75) is 80.1 Å². The lowest BCUT2D eigenvalue weighted by Crippen LogP contribution is -2.52. The summed E-state index contributed by atoms with van der Waals surface area (Å²) in [5.74, 6) is -0.717. The number of hydrogen-bond acceptors (Lipinski definition) is 5. The molecule has 7 rings (SSSR count). The van der Waals surface area contributed by atoms with Gasteiger partial charge in [-0.2, -0.15) is 0 Å². The molecule has 3 aliphatic heterocycles. The number of nitrogens with one attached hydrogen (secondary N) is 1. The van der Waals surface area contributed by atoms with Gasteiger partial charge in [0.15, 0.2) is 0 Å². The Balaban J connectivity index is 0.954. The van der Waals surface area contributed by atoms with E-state index in [1.165, 1.54) is 54.5 Å². The molecule has 3 amide bonds. The van der Waals surface area contributed by atoms with Gasteiger partial charge in [-0.1, -0.05) is 60.7 Å². The van der Waals surface area contributed by atoms with Gasteiger partial charge in [0.2, 0.25) is 11.8 Å². The number of fused-ring (bicyclic) bond motifs is 1. The zero-order valence-electron chi connectivity index (χ0n) is 24.5. The molecule has 3 fully saturated rings. The molecule has 6 nitrogen and oxygen atoms in total. The lowest BCUT2D eigenvalue weighted by atomic mass is 9.67. The maximum Gasteiger partial charge on any atom is 0.255 e. The summed E-state index contributed by atoms with van der Waals surface area (Å²) in [6, 6.07) is 27.8. The third kappa shape index (κ3) is 5.77. The van der Waals surface area contributed by atoms with Crippen molar-refractivity contribution < 1.29 is 14.4 Å². The van der Waals surface area contributed by atoms with E-state index >= 15 is 0 Å². The number of amides is 3. The maximum atomic E-state index is 13.1. The van der Waals surface area contributed by atoms with Gasteiger partial charge in [-0.25, -0.2) is 0 Å². The van der Waals surface area contributed by atoms with Gasteiger partial charge in [-0.15, -0.1) is 11.8 Å². The van der Waals surface area contributed by atoms with Crippen LogP contribution in [0.15, 0.2) is 83.8 Å². The van der Waals surface area contributed by atoms with Gasteiger partial charge in [0, 0.05) is 28.7 Å². The van der Waals surface area contributed by atoms with Crippen LogP contribution < -0.4 is 5.32 Å². The Kier molecular flexibility index (Phi) is 7.87. The Morgan fingerprint density at radius 1 is 0.791 bits per heavy atom. The highest BCUT2D eigenvalue weighted by molar-refractivity contribution is 8.00. The Labute approximate surface area is 258 Å². The number of imide groups is 1. The Morgan fingerprint density at radius 2 is 1.44 bits per heavy atom. The molecule has 222 valence electrons. The van der Waals surface area contributed by atoms with Gasteiger partial charge in [0.25, 0.3) is 5.91 Å². The van der Waals surface area contributed by atoms with Crippen molar-refractivity contribution in [2.75, 3.05) is 13.1 Å². The summed E-state index contributed by atoms with van der Waals surface area (Å²) >= 11 is 1.95. The first-order chi connectivity index (χ1) is 21.0. The molecule has 7 heteroatoms. The van der Waals surface area contributed by atoms with Crippen LogP contribution in [0.3, 0.4) is 0 Å². The Bertz CT molecular complexity index is 1450. The third-order valence-electron chi connectivity index (χ3n) is 10.2. The number of likely N-dealkylation sites (tertiary alicyclic amines) is 1. The van der Waals surface area contributed by atoms with Gasteiger partial charge in [-0.05, 0) is 98.3 Å². The second kappa shape index (κ2) is 11.9. The smallest absolute Gasteiger partial charge is 0.255 e. The Hall–Kier alpha value is -3.42. The molecule has 4 aliphatic rings. The van der Waals surface area contributed by atoms with Gasteiger partial charge in [0.05, 0.1) is 6.04 Å². The van der Waals surface area contributed by atoms with E-state index < -0.39 is 6.04 Å². The molecule has 1 atom stereocenters. The molecular weight excluding hydrogens is 554 g/mol. The second-order valence-electron chi connectivity index (χ2n) is 12.8. The Morgan fingerprint density at radius 3 is 2.07 bits per heavy atom. The number of thioether (sulfide) groups is 1. The van der Waals surface area contributed by atoms with Crippen LogP contribution in [-0.2, 0) is 16.1 Å². The quantitative estimate of drug-likeness (QED) is 0.337. The molecule has 43 heavy (non-hydrogen) atoms. The van der Waals surface area contributed by atoms with Crippen molar-refractivity contribution >= 4 is 29.5 Å². The van der Waals surface area contributed by atoms with Crippen LogP contribution in [0.2, 0.25) is 0 Å². The van der Waals surface area contributed by atoms with E-state index in [0.29, 0.717) is 35.2 Å². The summed E-state index contributed by atoms with van der Waals surface area (Å²) in [4.78, 5) is 42.6. The van der Waals surface area contributed by atoms with Crippen molar-refractivity contribution in [1.29, 1.82) is 0 Å². The third-order valence-corrected chi connectivity index (χ3v) is 11.6. The van der Waals surface area contributed by atoms with Gasteiger partial charge < -0.3 is 4.90 Å². The van der Waals surface area contributed by atoms with Crippen LogP contribution >= 0.6 is 11.8 Å². The van der Waals surface area contributed by atoms with Crippen molar-refractivity contribution in [2.24, 2.45) is 5.41 Å². The second-order valence-corrected chi connectivity index (χ2v) is 14.2. The van der Waals surface area contributed by atoms with Crippen LogP contribution in [0, 0.1) is 5.41 Å². The molecule has 3 aromatic rings. The average Bonchev–Trinajstić information content (AvgIpc) is 3.35. The number of carbonyl (C=O) groups is 3. The average molecular weight is 594 g/mol. The van der Waals surface area contributed by atoms with E-state index in [2.05, 4.69) is 83.0 Å². The highest BCUT2D eigenvalue weighted by Crippen LogP contribution is 2.49. The molecule has 0 radical (unpaired) electrons. The monoisotopic (exact) mass is 593 g/mol. The van der Waals surface area contributed by atoms with Crippen LogP contribution in [-0.4, -0.2) is 51.9 Å². The fourth-order valence-electron chi connectivity index (χ4n) is 7.78. The standard InChI is InChI=1S/C36H39N3O3S/c40-32-14-13-31(34(41)37-32)39-24-27-23-29(11-12-30(27)35(39)42)43-28-15-17-36(18-16-28)19-21-38(22-20-36)33(25-7-3-1-4-8-25)26-9-5-2-6-10-26/h1-12,23,28,31,33H,13-22,24H2,(H,37,40,41). The van der Waals surface area contributed by atoms with Crippen molar-refractivity contribution in [3.63, 3.8) is 0 Å². The molecule has 1 unspecified atom stereocenters. The number of hydrogen-bond donors (Lipinski definition) is 1. The summed E-state index contributed by atoms with van der Waals surface area (Å²) in [7, 11) is 0. The minimum absolute atomic E-state index is 0.103. The molecule has 2 saturated heterocycles. The van der Waals surface area contributed by atoms with Crippen molar-refractivity contribution in [3.8, 4) is 0 Å². The topological polar surface area (TPSA) is 69.7 Å². The number of carbonyl (C=O) groups excluding carboxylic acids is 3. The van der Waals surface area contributed by atoms with Gasteiger partial charge in [-0.3, -0.25) is 24.6 Å². The van der Waals surface area contributed by atoms with Crippen molar-refractivity contribution in [3.05, 3.63) is 101 Å². The molecule has 3 heterocycles. The predicted molar refractivity (Wildman–Crippen MR) is 169 cm³/mol. The molecule has 0 aromatic heterocycles. The summed E-state index contributed by atoms with van der Waals surface area (Å²) in [5, 5.41) is 2.98. The fourth-order valence-corrected chi connectivity index (χ4v) is 8.99. The number of benzene rings is 3. The highest BCUT2D eigenvalue weighted by atomic mass is 32.2. The lowest BCUT2D eigenvalue weighted by Gasteiger charge is -2.48. The summed E-state index contributed by atoms with van der Waals surface area (Å²) in [6.07, 6.45) is 8.22. The maximum absolute atomic E-state index is 13.1. The fraction of sp³-hybridized carbons (Fsp3) is 0.417. The highest BCUT2D eigenvalue weighted by Gasteiger charge is 2.41. The number of nitrogens with zero attached hydrogens (tertiary/aromatic N) is 2. The molecule has 3 aromatic carbocycles. The first-order valence-corrected chi connectivity index (χ1v) is 16.6. The van der Waals surface area contributed by atoms with Crippen LogP contribution in [0.25, 0.3) is 0 Å². The predicted octanol–water partition coefficient (Wildman–Crippen LogP) is 6.35. The van der Waals surface area contributed by atoms with E-state index in [9.17, 15) is 14.4 Å². The summed E-state index contributed by atoms with van der Waals surface area (Å²) in [5.41, 5.74) is 4.89. The minimum atomic E-state index is -0.565. The molecule has 1 saturated carbocycles. The molecule has 1 spiro atoms. The van der Waals surface area contributed by atoms with Crippen LogP contribution in [0.4, 0.5) is 0 Å². The zero-order valence-corrected chi connectivity index (χ0v) is 25.4. The first-order valence-electron chi connectivity index (χ1n) is 15.8. The molecule has 1 N–H and O–H groups in total. The molecular formula is C36H39N3O3S. The number of rotatable bonds is 6. The van der Waals surface area contributed by atoms with E-state index in [1.807, 2.05) is 17.8 Å². The first kappa shape index (κ1) is 28.4. The lowest BCUT2D eigenvalue weighted by molar-refractivity contribution is -0.136. The summed E-state index contributed by atoms with van der Waals surface area (Å²) in [6.45, 7) is 2.70. The SMILES string of the molecule is O=C1CCC(N2Cc3cc(SC4CCC5(CC4)CCN(C(c4ccccc4)c4ccccc4)CC5)ccc3C2=O)C(=O)N1.